The van der Waals surface area contributed by atoms with Crippen LogP contribution in [0.2, 0.25) is 5.15 Å². The van der Waals surface area contributed by atoms with Crippen molar-refractivity contribution in [1.82, 2.24) is 4.98 Å². The fourth-order valence-corrected chi connectivity index (χ4v) is 1.94. The largest absolute Gasteiger partial charge is 0.452 e. The first-order chi connectivity index (χ1) is 8.06. The van der Waals surface area contributed by atoms with Gasteiger partial charge in [-0.25, -0.2) is 4.98 Å². The average molecular weight is 316 g/mol. The Morgan fingerprint density at radius 2 is 2.24 bits per heavy atom. The van der Waals surface area contributed by atoms with Gasteiger partial charge in [-0.1, -0.05) is 11.6 Å². The zero-order valence-electron chi connectivity index (χ0n) is 9.50. The SMILES string of the molecule is Cc1cc(NC(C)c2ccc(Br)o2)cnc1Cl. The summed E-state index contributed by atoms with van der Waals surface area (Å²) in [6.07, 6.45) is 1.71. The van der Waals surface area contributed by atoms with E-state index in [2.05, 4.69) is 26.2 Å². The second-order valence-electron chi connectivity index (χ2n) is 3.84. The van der Waals surface area contributed by atoms with E-state index in [0.29, 0.717) is 5.15 Å². The predicted octanol–water partition coefficient (Wildman–Crippen LogP) is 4.57. The van der Waals surface area contributed by atoms with Crippen LogP contribution in [0.15, 0.2) is 33.5 Å². The first kappa shape index (κ1) is 12.5. The summed E-state index contributed by atoms with van der Waals surface area (Å²) < 4.78 is 6.21. The number of halogens is 2. The van der Waals surface area contributed by atoms with E-state index in [1.165, 1.54) is 0 Å². The van der Waals surface area contributed by atoms with E-state index in [0.717, 1.165) is 21.7 Å². The summed E-state index contributed by atoms with van der Waals surface area (Å²) >= 11 is 9.16. The van der Waals surface area contributed by atoms with Crippen LogP contribution in [0.1, 0.15) is 24.3 Å². The highest BCUT2D eigenvalue weighted by molar-refractivity contribution is 9.10. The monoisotopic (exact) mass is 314 g/mol. The number of pyridine rings is 1. The number of aromatic nitrogens is 1. The maximum atomic E-state index is 5.87. The Morgan fingerprint density at radius 3 is 2.82 bits per heavy atom. The number of hydrogen-bond donors (Lipinski definition) is 1. The summed E-state index contributed by atoms with van der Waals surface area (Å²) in [5.41, 5.74) is 1.87. The minimum Gasteiger partial charge on any atom is -0.452 e. The predicted molar refractivity (Wildman–Crippen MR) is 72.4 cm³/mol. The molecular weight excluding hydrogens is 304 g/mol. The molecule has 0 aliphatic heterocycles. The van der Waals surface area contributed by atoms with E-state index in [1.807, 2.05) is 32.0 Å². The molecule has 2 aromatic rings. The second kappa shape index (κ2) is 5.10. The van der Waals surface area contributed by atoms with Crippen LogP contribution in [0.3, 0.4) is 0 Å². The highest BCUT2D eigenvalue weighted by atomic mass is 79.9. The van der Waals surface area contributed by atoms with Crippen molar-refractivity contribution < 1.29 is 4.42 Å². The molecule has 0 bridgehead atoms. The number of aryl methyl sites for hydroxylation is 1. The van der Waals surface area contributed by atoms with Crippen molar-refractivity contribution in [2.75, 3.05) is 5.32 Å². The normalized spacial score (nSPS) is 12.5. The summed E-state index contributed by atoms with van der Waals surface area (Å²) in [6, 6.07) is 5.84. The molecule has 0 amide bonds. The maximum Gasteiger partial charge on any atom is 0.169 e. The molecule has 1 atom stereocenters. The van der Waals surface area contributed by atoms with Crippen LogP contribution < -0.4 is 5.32 Å². The van der Waals surface area contributed by atoms with Gasteiger partial charge in [0, 0.05) is 0 Å². The third-order valence-electron chi connectivity index (χ3n) is 2.42. The van der Waals surface area contributed by atoms with Gasteiger partial charge in [-0.2, -0.15) is 0 Å². The number of hydrogen-bond acceptors (Lipinski definition) is 3. The lowest BCUT2D eigenvalue weighted by molar-refractivity contribution is 0.471. The fourth-order valence-electron chi connectivity index (χ4n) is 1.52. The molecule has 2 aromatic heterocycles. The van der Waals surface area contributed by atoms with Crippen LogP contribution in [0.5, 0.6) is 0 Å². The van der Waals surface area contributed by atoms with Gasteiger partial charge in [-0.3, -0.25) is 0 Å². The van der Waals surface area contributed by atoms with Gasteiger partial charge in [0.2, 0.25) is 0 Å². The van der Waals surface area contributed by atoms with E-state index in [9.17, 15) is 0 Å². The lowest BCUT2D eigenvalue weighted by Crippen LogP contribution is -2.06. The topological polar surface area (TPSA) is 38.1 Å². The summed E-state index contributed by atoms with van der Waals surface area (Å²) in [5, 5.41) is 3.84. The fraction of sp³-hybridized carbons (Fsp3) is 0.250. The molecule has 1 unspecified atom stereocenters. The Labute approximate surface area is 113 Å². The van der Waals surface area contributed by atoms with Gasteiger partial charge in [0.1, 0.15) is 10.9 Å². The van der Waals surface area contributed by atoms with E-state index in [4.69, 9.17) is 16.0 Å². The number of nitrogens with one attached hydrogen (secondary N) is 1. The van der Waals surface area contributed by atoms with Crippen LogP contribution >= 0.6 is 27.5 Å². The van der Waals surface area contributed by atoms with Crippen molar-refractivity contribution >= 4 is 33.2 Å². The molecule has 1 N–H and O–H groups in total. The van der Waals surface area contributed by atoms with Crippen molar-refractivity contribution in [3.63, 3.8) is 0 Å². The molecule has 0 fully saturated rings. The number of rotatable bonds is 3. The molecule has 3 nitrogen and oxygen atoms in total. The van der Waals surface area contributed by atoms with Crippen LogP contribution in [0, 0.1) is 6.92 Å². The molecule has 0 aliphatic rings. The van der Waals surface area contributed by atoms with Crippen molar-refractivity contribution in [2.24, 2.45) is 0 Å². The Hall–Kier alpha value is -1.00. The molecule has 2 rings (SSSR count). The molecule has 0 saturated carbocycles. The molecule has 0 aliphatic carbocycles. The lowest BCUT2D eigenvalue weighted by Gasteiger charge is -2.13. The zero-order valence-corrected chi connectivity index (χ0v) is 11.8. The molecule has 0 aromatic carbocycles. The first-order valence-corrected chi connectivity index (χ1v) is 6.37. The van der Waals surface area contributed by atoms with Crippen molar-refractivity contribution in [2.45, 2.75) is 19.9 Å². The van der Waals surface area contributed by atoms with Gasteiger partial charge in [0.15, 0.2) is 4.67 Å². The zero-order chi connectivity index (χ0) is 12.4. The average Bonchev–Trinajstić information content (AvgIpc) is 2.70. The molecule has 90 valence electrons. The Bertz CT molecular complexity index is 527. The molecule has 0 spiro atoms. The molecule has 2 heterocycles. The van der Waals surface area contributed by atoms with Gasteiger partial charge in [0.05, 0.1) is 17.9 Å². The first-order valence-electron chi connectivity index (χ1n) is 5.20. The van der Waals surface area contributed by atoms with Gasteiger partial charge in [0.25, 0.3) is 0 Å². The molecular formula is C12H12BrClN2O. The number of furan rings is 1. The van der Waals surface area contributed by atoms with E-state index in [1.54, 1.807) is 6.20 Å². The van der Waals surface area contributed by atoms with Crippen molar-refractivity contribution in [3.8, 4) is 0 Å². The third kappa shape index (κ3) is 3.01. The Kier molecular flexibility index (Phi) is 3.74. The summed E-state index contributed by atoms with van der Waals surface area (Å²) in [5.74, 6) is 0.865. The highest BCUT2D eigenvalue weighted by Crippen LogP contribution is 2.24. The summed E-state index contributed by atoms with van der Waals surface area (Å²) in [4.78, 5) is 4.09. The Balaban J connectivity index is 2.12. The van der Waals surface area contributed by atoms with Crippen LogP contribution in [0.4, 0.5) is 5.69 Å². The van der Waals surface area contributed by atoms with E-state index < -0.39 is 0 Å². The summed E-state index contributed by atoms with van der Waals surface area (Å²) in [7, 11) is 0. The quantitative estimate of drug-likeness (QED) is 0.843. The second-order valence-corrected chi connectivity index (χ2v) is 4.98. The van der Waals surface area contributed by atoms with Gasteiger partial charge < -0.3 is 9.73 Å². The van der Waals surface area contributed by atoms with Gasteiger partial charge in [-0.15, -0.1) is 0 Å². The van der Waals surface area contributed by atoms with Crippen molar-refractivity contribution in [3.05, 3.63) is 45.5 Å². The smallest absolute Gasteiger partial charge is 0.169 e. The third-order valence-corrected chi connectivity index (χ3v) is 3.24. The number of anilines is 1. The van der Waals surface area contributed by atoms with Crippen LogP contribution in [-0.4, -0.2) is 4.98 Å². The molecule has 0 radical (unpaired) electrons. The molecule has 17 heavy (non-hydrogen) atoms. The minimum atomic E-state index is 0.0728. The lowest BCUT2D eigenvalue weighted by atomic mass is 10.2. The number of nitrogens with zero attached hydrogens (tertiary/aromatic N) is 1. The van der Waals surface area contributed by atoms with E-state index >= 15 is 0 Å². The van der Waals surface area contributed by atoms with Crippen LogP contribution in [-0.2, 0) is 0 Å². The molecule has 5 heteroatoms. The van der Waals surface area contributed by atoms with Gasteiger partial charge >= 0.3 is 0 Å². The van der Waals surface area contributed by atoms with Crippen molar-refractivity contribution in [1.29, 1.82) is 0 Å². The minimum absolute atomic E-state index is 0.0728. The van der Waals surface area contributed by atoms with Crippen LogP contribution in [0.25, 0.3) is 0 Å². The van der Waals surface area contributed by atoms with Gasteiger partial charge in [-0.05, 0) is 53.5 Å². The standard InChI is InChI=1S/C12H12BrClN2O/c1-7-5-9(6-15-12(7)14)16-8(2)10-3-4-11(13)17-10/h3-6,8,16H,1-2H3. The van der Waals surface area contributed by atoms with E-state index in [-0.39, 0.29) is 6.04 Å². The maximum absolute atomic E-state index is 5.87. The highest BCUT2D eigenvalue weighted by Gasteiger charge is 2.10. The Morgan fingerprint density at radius 1 is 1.47 bits per heavy atom. The summed E-state index contributed by atoms with van der Waals surface area (Å²) in [6.45, 7) is 3.95. The molecule has 0 saturated heterocycles.